The van der Waals surface area contributed by atoms with Gasteiger partial charge in [0.1, 0.15) is 17.2 Å². The third-order valence-corrected chi connectivity index (χ3v) is 5.44. The quantitative estimate of drug-likeness (QED) is 0.715. The van der Waals surface area contributed by atoms with E-state index in [1.165, 1.54) is 11.0 Å². The van der Waals surface area contributed by atoms with Crippen LogP contribution in [0.3, 0.4) is 0 Å². The van der Waals surface area contributed by atoms with Crippen molar-refractivity contribution in [3.63, 3.8) is 0 Å². The topological polar surface area (TPSA) is 84.2 Å². The summed E-state index contributed by atoms with van der Waals surface area (Å²) >= 11 is 12.1. The fourth-order valence-corrected chi connectivity index (χ4v) is 3.33. The normalized spacial score (nSPS) is 26.9. The highest BCUT2D eigenvalue weighted by atomic mass is 35.5. The van der Waals surface area contributed by atoms with Gasteiger partial charge < -0.3 is 9.80 Å². The first-order valence-electron chi connectivity index (χ1n) is 6.99. The molecule has 1 atom stereocenters. The number of amides is 2. The largest absolute Gasteiger partial charge is 0.339 e. The Balaban J connectivity index is 1.52. The van der Waals surface area contributed by atoms with Crippen molar-refractivity contribution in [3.8, 4) is 0 Å². The number of halogens is 2. The third kappa shape index (κ3) is 2.65. The molecule has 1 unspecified atom stereocenters. The number of carbonyl (C=O) groups excluding carboxylic acids is 2. The SMILES string of the molecule is CC1(C(=O)N2CCN(C(=O)Cn3cnnn3)CC2)CC1(Cl)Cl. The average Bonchev–Trinajstić information content (AvgIpc) is 2.83. The van der Waals surface area contributed by atoms with E-state index in [-0.39, 0.29) is 18.4 Å². The number of carbonyl (C=O) groups is 2. The van der Waals surface area contributed by atoms with E-state index in [1.807, 2.05) is 0 Å². The Hall–Kier alpha value is -1.41. The molecule has 22 heavy (non-hydrogen) atoms. The molecule has 3 rings (SSSR count). The zero-order valence-electron chi connectivity index (χ0n) is 12.1. The van der Waals surface area contributed by atoms with Crippen molar-refractivity contribution in [2.45, 2.75) is 24.2 Å². The standard InChI is InChI=1S/C12H16Cl2N6O2/c1-11(7-12(11,13)14)10(22)19-4-2-18(3-5-19)9(21)6-20-8-15-16-17-20/h8H,2-7H2,1H3. The molecule has 1 aromatic rings. The van der Waals surface area contributed by atoms with Crippen LogP contribution >= 0.6 is 23.2 Å². The zero-order chi connectivity index (χ0) is 16.0. The summed E-state index contributed by atoms with van der Waals surface area (Å²) in [5, 5.41) is 10.6. The highest BCUT2D eigenvalue weighted by Crippen LogP contribution is 2.64. The summed E-state index contributed by atoms with van der Waals surface area (Å²) in [6.45, 7) is 3.83. The summed E-state index contributed by atoms with van der Waals surface area (Å²) < 4.78 is 0.414. The number of alkyl halides is 2. The van der Waals surface area contributed by atoms with Gasteiger partial charge in [0.2, 0.25) is 11.8 Å². The molecule has 1 aromatic heterocycles. The van der Waals surface area contributed by atoms with Crippen molar-refractivity contribution >= 4 is 35.0 Å². The van der Waals surface area contributed by atoms with Crippen LogP contribution < -0.4 is 0 Å². The molecule has 0 spiro atoms. The fraction of sp³-hybridized carbons (Fsp3) is 0.750. The minimum absolute atomic E-state index is 0.0370. The number of tetrazole rings is 1. The van der Waals surface area contributed by atoms with Crippen LogP contribution in [0.5, 0.6) is 0 Å². The van der Waals surface area contributed by atoms with Crippen LogP contribution in [0.2, 0.25) is 0 Å². The maximum absolute atomic E-state index is 12.5. The predicted octanol–water partition coefficient (Wildman–Crippen LogP) is -0.0722. The molecule has 10 heteroatoms. The van der Waals surface area contributed by atoms with Gasteiger partial charge in [-0.25, -0.2) is 4.68 Å². The number of hydrogen-bond donors (Lipinski definition) is 0. The fourth-order valence-electron chi connectivity index (χ4n) is 2.63. The molecule has 0 aromatic carbocycles. The maximum atomic E-state index is 12.5. The Morgan fingerprint density at radius 3 is 2.27 bits per heavy atom. The monoisotopic (exact) mass is 346 g/mol. The Bertz CT molecular complexity index is 584. The molecule has 0 N–H and O–H groups in total. The third-order valence-electron chi connectivity index (χ3n) is 4.34. The Morgan fingerprint density at radius 1 is 1.18 bits per heavy atom. The van der Waals surface area contributed by atoms with Crippen LogP contribution in [0.25, 0.3) is 0 Å². The summed E-state index contributed by atoms with van der Waals surface area (Å²) in [5.74, 6) is -0.105. The minimum atomic E-state index is -0.961. The summed E-state index contributed by atoms with van der Waals surface area (Å²) in [4.78, 5) is 28.0. The predicted molar refractivity (Wildman–Crippen MR) is 78.1 cm³/mol. The number of hydrogen-bond acceptors (Lipinski definition) is 5. The summed E-state index contributed by atoms with van der Waals surface area (Å²) in [6.07, 6.45) is 1.87. The van der Waals surface area contributed by atoms with E-state index in [9.17, 15) is 9.59 Å². The summed E-state index contributed by atoms with van der Waals surface area (Å²) in [7, 11) is 0. The van der Waals surface area contributed by atoms with E-state index >= 15 is 0 Å². The molecule has 2 heterocycles. The van der Waals surface area contributed by atoms with Crippen LogP contribution in [0.15, 0.2) is 6.33 Å². The first kappa shape index (κ1) is 15.5. The number of rotatable bonds is 3. The molecule has 1 saturated carbocycles. The lowest BCUT2D eigenvalue weighted by Crippen LogP contribution is -2.53. The van der Waals surface area contributed by atoms with Gasteiger partial charge in [-0.2, -0.15) is 0 Å². The molecule has 2 aliphatic rings. The second-order valence-corrected chi connectivity index (χ2v) is 7.38. The second kappa shape index (κ2) is 5.34. The van der Waals surface area contributed by atoms with Gasteiger partial charge in [0.05, 0.1) is 5.41 Å². The van der Waals surface area contributed by atoms with E-state index in [0.717, 1.165) is 0 Å². The van der Waals surface area contributed by atoms with Crippen molar-refractivity contribution in [1.82, 2.24) is 30.0 Å². The molecule has 8 nitrogen and oxygen atoms in total. The first-order chi connectivity index (χ1) is 10.3. The van der Waals surface area contributed by atoms with Crippen LogP contribution in [-0.2, 0) is 16.1 Å². The summed E-state index contributed by atoms with van der Waals surface area (Å²) in [5.41, 5.74) is -0.700. The molecular formula is C12H16Cl2N6O2. The molecule has 1 aliphatic carbocycles. The first-order valence-corrected chi connectivity index (χ1v) is 7.75. The van der Waals surface area contributed by atoms with E-state index in [4.69, 9.17) is 23.2 Å². The Labute approximate surface area is 137 Å². The van der Waals surface area contributed by atoms with Crippen molar-refractivity contribution in [3.05, 3.63) is 6.33 Å². The van der Waals surface area contributed by atoms with E-state index in [0.29, 0.717) is 32.6 Å². The average molecular weight is 347 g/mol. The van der Waals surface area contributed by atoms with Crippen molar-refractivity contribution in [2.24, 2.45) is 5.41 Å². The van der Waals surface area contributed by atoms with Gasteiger partial charge in [0, 0.05) is 26.2 Å². The number of nitrogens with zero attached hydrogens (tertiary/aromatic N) is 6. The van der Waals surface area contributed by atoms with Gasteiger partial charge >= 0.3 is 0 Å². The van der Waals surface area contributed by atoms with Gasteiger partial charge in [0.15, 0.2) is 0 Å². The highest BCUT2D eigenvalue weighted by molar-refractivity contribution is 6.53. The molecule has 2 amide bonds. The van der Waals surface area contributed by atoms with Crippen molar-refractivity contribution in [2.75, 3.05) is 26.2 Å². The lowest BCUT2D eigenvalue weighted by molar-refractivity contribution is -0.143. The maximum Gasteiger partial charge on any atom is 0.244 e. The molecule has 120 valence electrons. The smallest absolute Gasteiger partial charge is 0.244 e. The molecule has 0 bridgehead atoms. The molecule has 1 saturated heterocycles. The Morgan fingerprint density at radius 2 is 1.77 bits per heavy atom. The second-order valence-electron chi connectivity index (χ2n) is 5.89. The molecule has 2 fully saturated rings. The summed E-state index contributed by atoms with van der Waals surface area (Å²) in [6, 6.07) is 0. The lowest BCUT2D eigenvalue weighted by atomic mass is 10.1. The van der Waals surface area contributed by atoms with Crippen molar-refractivity contribution < 1.29 is 9.59 Å². The van der Waals surface area contributed by atoms with Gasteiger partial charge in [-0.15, -0.1) is 28.3 Å². The van der Waals surface area contributed by atoms with E-state index < -0.39 is 9.75 Å². The van der Waals surface area contributed by atoms with Gasteiger partial charge in [-0.05, 0) is 23.8 Å². The molecule has 1 aliphatic heterocycles. The van der Waals surface area contributed by atoms with Crippen molar-refractivity contribution in [1.29, 1.82) is 0 Å². The molecular weight excluding hydrogens is 331 g/mol. The van der Waals surface area contributed by atoms with Crippen LogP contribution in [0.1, 0.15) is 13.3 Å². The van der Waals surface area contributed by atoms with Crippen LogP contribution in [0.4, 0.5) is 0 Å². The van der Waals surface area contributed by atoms with Gasteiger partial charge in [-0.1, -0.05) is 0 Å². The van der Waals surface area contributed by atoms with E-state index in [2.05, 4.69) is 15.5 Å². The minimum Gasteiger partial charge on any atom is -0.339 e. The Kier molecular flexibility index (Phi) is 3.76. The number of aromatic nitrogens is 4. The zero-order valence-corrected chi connectivity index (χ0v) is 13.6. The van der Waals surface area contributed by atoms with Crippen LogP contribution in [-0.4, -0.2) is 72.3 Å². The lowest BCUT2D eigenvalue weighted by Gasteiger charge is -2.36. The number of piperazine rings is 1. The van der Waals surface area contributed by atoms with E-state index in [1.54, 1.807) is 16.7 Å². The van der Waals surface area contributed by atoms with Gasteiger partial charge in [-0.3, -0.25) is 9.59 Å². The highest BCUT2D eigenvalue weighted by Gasteiger charge is 2.68. The van der Waals surface area contributed by atoms with Gasteiger partial charge in [0.25, 0.3) is 0 Å². The molecule has 0 radical (unpaired) electrons. The van der Waals surface area contributed by atoms with Crippen LogP contribution in [0, 0.1) is 5.41 Å².